The Bertz CT molecular complexity index is 1420. The molecule has 9 heteroatoms. The number of aromatic nitrogens is 1. The lowest BCUT2D eigenvalue weighted by Gasteiger charge is -2.18. The number of carbonyl (C=O) groups excluding carboxylic acids is 1. The van der Waals surface area contributed by atoms with E-state index >= 15 is 0 Å². The minimum absolute atomic E-state index is 0.0416. The van der Waals surface area contributed by atoms with Gasteiger partial charge in [-0.25, -0.2) is 9.37 Å². The summed E-state index contributed by atoms with van der Waals surface area (Å²) in [5, 5.41) is 0.829. The summed E-state index contributed by atoms with van der Waals surface area (Å²) in [6, 6.07) is 9.99. The van der Waals surface area contributed by atoms with Crippen molar-refractivity contribution in [2.45, 2.75) is 25.9 Å². The lowest BCUT2D eigenvalue weighted by Crippen LogP contribution is -2.27. The van der Waals surface area contributed by atoms with Gasteiger partial charge >= 0.3 is 0 Å². The number of ether oxygens (including phenoxy) is 1. The second-order valence-electron chi connectivity index (χ2n) is 8.46. The number of hydrogen-bond donors (Lipinski definition) is 1. The first kappa shape index (κ1) is 23.5. The van der Waals surface area contributed by atoms with Gasteiger partial charge < -0.3 is 19.8 Å². The van der Waals surface area contributed by atoms with Gasteiger partial charge in [0.25, 0.3) is 5.91 Å². The predicted octanol–water partition coefficient (Wildman–Crippen LogP) is 6.90. The van der Waals surface area contributed by atoms with Gasteiger partial charge in [-0.3, -0.25) is 4.79 Å². The molecule has 4 aromatic rings. The summed E-state index contributed by atoms with van der Waals surface area (Å²) in [5.41, 5.74) is 9.06. The van der Waals surface area contributed by atoms with Crippen LogP contribution in [0.4, 0.5) is 10.2 Å². The molecule has 0 bridgehead atoms. The maximum absolute atomic E-state index is 14.0. The van der Waals surface area contributed by atoms with E-state index in [1.807, 2.05) is 29.2 Å². The minimum atomic E-state index is -0.732. The molecule has 5 rings (SSSR count). The highest BCUT2D eigenvalue weighted by atomic mass is 35.5. The largest absolute Gasteiger partial charge is 0.478 e. The Labute approximate surface area is 211 Å². The van der Waals surface area contributed by atoms with E-state index in [0.717, 1.165) is 37.1 Å². The zero-order valence-corrected chi connectivity index (χ0v) is 20.4. The van der Waals surface area contributed by atoms with Gasteiger partial charge in [-0.1, -0.05) is 35.3 Å². The van der Waals surface area contributed by atoms with Gasteiger partial charge in [0.1, 0.15) is 11.9 Å². The molecule has 0 aliphatic carbocycles. The highest BCUT2D eigenvalue weighted by Gasteiger charge is 2.24. The maximum Gasteiger partial charge on any atom is 0.253 e. The molecular weight excluding hydrogens is 492 g/mol. The molecule has 2 aromatic heterocycles. The zero-order chi connectivity index (χ0) is 24.7. The van der Waals surface area contributed by atoms with Crippen LogP contribution in [0, 0.1) is 5.82 Å². The average molecular weight is 514 g/mol. The van der Waals surface area contributed by atoms with Crippen LogP contribution in [-0.4, -0.2) is 28.9 Å². The molecule has 6 nitrogen and oxygen atoms in total. The van der Waals surface area contributed by atoms with Gasteiger partial charge in [0.2, 0.25) is 5.75 Å². The summed E-state index contributed by atoms with van der Waals surface area (Å²) in [6.07, 6.45) is 4.54. The second-order valence-corrected chi connectivity index (χ2v) is 9.24. The SMILES string of the molecule is CC(Oc1c(N)ncc2c(-c3ccc(C(=O)N4CCCC4)cc3)coc12)c1c(Cl)ccc(F)c1Cl. The molecule has 2 N–H and O–H groups in total. The minimum Gasteiger partial charge on any atom is -0.478 e. The molecule has 3 heterocycles. The van der Waals surface area contributed by atoms with E-state index in [0.29, 0.717) is 22.1 Å². The van der Waals surface area contributed by atoms with Crippen molar-refractivity contribution in [1.82, 2.24) is 9.88 Å². The summed E-state index contributed by atoms with van der Waals surface area (Å²) in [5.74, 6) is -0.239. The van der Waals surface area contributed by atoms with E-state index in [1.54, 1.807) is 19.4 Å². The number of halogens is 3. The Morgan fingerprint density at radius 1 is 1.17 bits per heavy atom. The number of nitrogens with two attached hydrogens (primary N) is 1. The van der Waals surface area contributed by atoms with Crippen LogP contribution in [0.2, 0.25) is 10.0 Å². The van der Waals surface area contributed by atoms with Crippen molar-refractivity contribution in [3.8, 4) is 16.9 Å². The van der Waals surface area contributed by atoms with E-state index in [4.69, 9.17) is 38.1 Å². The highest BCUT2D eigenvalue weighted by molar-refractivity contribution is 6.36. The first-order chi connectivity index (χ1) is 16.8. The van der Waals surface area contributed by atoms with E-state index in [2.05, 4.69) is 4.98 Å². The number of nitrogens with zero attached hydrogens (tertiary/aromatic N) is 2. The zero-order valence-electron chi connectivity index (χ0n) is 18.9. The van der Waals surface area contributed by atoms with Crippen LogP contribution in [0.3, 0.4) is 0 Å². The summed E-state index contributed by atoms with van der Waals surface area (Å²) < 4.78 is 25.9. The van der Waals surface area contributed by atoms with Crippen LogP contribution in [0.15, 0.2) is 53.3 Å². The summed E-state index contributed by atoms with van der Waals surface area (Å²) >= 11 is 12.4. The highest BCUT2D eigenvalue weighted by Crippen LogP contribution is 2.41. The molecule has 180 valence electrons. The van der Waals surface area contributed by atoms with Crippen LogP contribution >= 0.6 is 23.2 Å². The normalized spacial score (nSPS) is 14.5. The lowest BCUT2D eigenvalue weighted by atomic mass is 10.0. The molecule has 1 aliphatic heterocycles. The number of furan rings is 1. The number of benzene rings is 2. The van der Waals surface area contributed by atoms with Crippen LogP contribution in [0.1, 0.15) is 41.8 Å². The number of amides is 1. The van der Waals surface area contributed by atoms with Gasteiger partial charge in [0, 0.05) is 41.0 Å². The smallest absolute Gasteiger partial charge is 0.253 e. The number of nitrogen functional groups attached to an aromatic ring is 1. The quantitative estimate of drug-likeness (QED) is 0.293. The number of rotatable bonds is 5. The van der Waals surface area contributed by atoms with Crippen molar-refractivity contribution in [3.05, 3.63) is 75.8 Å². The summed E-state index contributed by atoms with van der Waals surface area (Å²) in [6.45, 7) is 3.28. The number of pyridine rings is 1. The van der Waals surface area contributed by atoms with E-state index in [9.17, 15) is 9.18 Å². The molecule has 1 saturated heterocycles. The maximum atomic E-state index is 14.0. The second kappa shape index (κ2) is 9.40. The van der Waals surface area contributed by atoms with Crippen molar-refractivity contribution in [3.63, 3.8) is 0 Å². The topological polar surface area (TPSA) is 81.6 Å². The van der Waals surface area contributed by atoms with E-state index in [-0.39, 0.29) is 27.5 Å². The average Bonchev–Trinajstić information content (AvgIpc) is 3.54. The molecule has 1 amide bonds. The third-order valence-corrected chi connectivity index (χ3v) is 6.93. The molecule has 1 atom stereocenters. The first-order valence-corrected chi connectivity index (χ1v) is 12.0. The van der Waals surface area contributed by atoms with E-state index < -0.39 is 11.9 Å². The number of likely N-dealkylation sites (tertiary alicyclic amines) is 1. The first-order valence-electron chi connectivity index (χ1n) is 11.2. The Kier molecular flexibility index (Phi) is 6.30. The third kappa shape index (κ3) is 4.30. The Morgan fingerprint density at radius 2 is 1.89 bits per heavy atom. The molecule has 35 heavy (non-hydrogen) atoms. The van der Waals surface area contributed by atoms with Crippen molar-refractivity contribution in [2.24, 2.45) is 0 Å². The van der Waals surface area contributed by atoms with Gasteiger partial charge in [-0.2, -0.15) is 0 Å². The van der Waals surface area contributed by atoms with Gasteiger partial charge in [-0.15, -0.1) is 0 Å². The Hall–Kier alpha value is -3.29. The fourth-order valence-corrected chi connectivity index (χ4v) is 5.04. The van der Waals surface area contributed by atoms with Gasteiger partial charge in [0.15, 0.2) is 11.4 Å². The van der Waals surface area contributed by atoms with Crippen molar-refractivity contribution < 1.29 is 18.3 Å². The summed E-state index contributed by atoms with van der Waals surface area (Å²) in [7, 11) is 0. The van der Waals surface area contributed by atoms with Crippen LogP contribution in [-0.2, 0) is 0 Å². The number of carbonyl (C=O) groups is 1. The molecule has 1 unspecified atom stereocenters. The number of hydrogen-bond acceptors (Lipinski definition) is 5. The molecule has 2 aromatic carbocycles. The molecule has 1 aliphatic rings. The Balaban J connectivity index is 1.46. The van der Waals surface area contributed by atoms with Crippen LogP contribution < -0.4 is 10.5 Å². The van der Waals surface area contributed by atoms with Gasteiger partial charge in [0.05, 0.1) is 16.7 Å². The number of anilines is 1. The molecule has 0 spiro atoms. The van der Waals surface area contributed by atoms with Crippen LogP contribution in [0.5, 0.6) is 5.75 Å². The lowest BCUT2D eigenvalue weighted by molar-refractivity contribution is 0.0793. The van der Waals surface area contributed by atoms with Crippen molar-refractivity contribution in [1.29, 1.82) is 0 Å². The fourth-order valence-electron chi connectivity index (χ4n) is 4.36. The Morgan fingerprint density at radius 3 is 2.60 bits per heavy atom. The molecule has 0 saturated carbocycles. The summed E-state index contributed by atoms with van der Waals surface area (Å²) in [4.78, 5) is 18.8. The molecule has 0 radical (unpaired) electrons. The predicted molar refractivity (Wildman–Crippen MR) is 134 cm³/mol. The van der Waals surface area contributed by atoms with Gasteiger partial charge in [-0.05, 0) is 49.6 Å². The molecular formula is C26H22Cl2FN3O3. The number of fused-ring (bicyclic) bond motifs is 1. The standard InChI is InChI=1S/C26H22Cl2FN3O3/c1-14(21-19(27)8-9-20(29)22(21)28)35-24-23-17(12-31-25(24)30)18(13-34-23)15-4-6-16(7-5-15)26(33)32-10-2-3-11-32/h4-9,12-14H,2-3,10-11H2,1H3,(H2,30,31). The van der Waals surface area contributed by atoms with Crippen molar-refractivity contribution >= 4 is 45.9 Å². The van der Waals surface area contributed by atoms with E-state index in [1.165, 1.54) is 12.1 Å². The fraction of sp³-hybridized carbons (Fsp3) is 0.231. The van der Waals surface area contributed by atoms with Crippen molar-refractivity contribution in [2.75, 3.05) is 18.8 Å². The monoisotopic (exact) mass is 513 g/mol. The van der Waals surface area contributed by atoms with Crippen LogP contribution in [0.25, 0.3) is 22.1 Å². The third-order valence-electron chi connectivity index (χ3n) is 6.22. The molecule has 1 fully saturated rings.